The van der Waals surface area contributed by atoms with Gasteiger partial charge in [-0.25, -0.2) is 4.39 Å². The van der Waals surface area contributed by atoms with Gasteiger partial charge in [-0.05, 0) is 42.8 Å². The molecule has 0 radical (unpaired) electrons. The predicted molar refractivity (Wildman–Crippen MR) is 94.0 cm³/mol. The fraction of sp³-hybridized carbons (Fsp3) is 0.211. The molecule has 0 atom stereocenters. The summed E-state index contributed by atoms with van der Waals surface area (Å²) < 4.78 is 18.3. The number of anilines is 1. The molecule has 2 aromatic carbocycles. The fourth-order valence-electron chi connectivity index (χ4n) is 2.11. The van der Waals surface area contributed by atoms with E-state index in [1.165, 1.54) is 12.1 Å². The molecule has 0 aliphatic carbocycles. The second kappa shape index (κ2) is 9.35. The van der Waals surface area contributed by atoms with Crippen molar-refractivity contribution in [1.82, 2.24) is 5.32 Å². The summed E-state index contributed by atoms with van der Waals surface area (Å²) in [5.41, 5.74) is 1.37. The van der Waals surface area contributed by atoms with Gasteiger partial charge in [0, 0.05) is 18.8 Å². The standard InChI is InChI=1S/C19H21FN2O2/c1-2-12-22-19(23)17-6-3-4-7-18(17)21-13-5-14-24-16-10-8-15(20)9-11-16/h2-4,6-11,21H,1,5,12-14H2,(H,22,23). The Bertz CT molecular complexity index is 671. The van der Waals surface area contributed by atoms with Crippen LogP contribution in [0.1, 0.15) is 16.8 Å². The topological polar surface area (TPSA) is 50.4 Å². The van der Waals surface area contributed by atoms with Crippen LogP contribution in [0.2, 0.25) is 0 Å². The first kappa shape index (κ1) is 17.5. The van der Waals surface area contributed by atoms with Crippen molar-refractivity contribution in [2.24, 2.45) is 0 Å². The maximum absolute atomic E-state index is 12.8. The van der Waals surface area contributed by atoms with Gasteiger partial charge in [0.25, 0.3) is 5.91 Å². The van der Waals surface area contributed by atoms with E-state index in [1.807, 2.05) is 18.2 Å². The Kier molecular flexibility index (Phi) is 6.83. The lowest BCUT2D eigenvalue weighted by Gasteiger charge is -2.12. The molecule has 4 nitrogen and oxygen atoms in total. The maximum atomic E-state index is 12.8. The van der Waals surface area contributed by atoms with Crippen LogP contribution >= 0.6 is 0 Å². The summed E-state index contributed by atoms with van der Waals surface area (Å²) in [5.74, 6) is 0.219. The second-order valence-electron chi connectivity index (χ2n) is 5.13. The molecule has 0 unspecified atom stereocenters. The van der Waals surface area contributed by atoms with E-state index in [2.05, 4.69) is 17.2 Å². The first-order valence-electron chi connectivity index (χ1n) is 7.81. The van der Waals surface area contributed by atoms with Gasteiger partial charge in [-0.2, -0.15) is 0 Å². The Balaban J connectivity index is 1.78. The Morgan fingerprint density at radius 1 is 1.17 bits per heavy atom. The van der Waals surface area contributed by atoms with Crippen LogP contribution in [0.3, 0.4) is 0 Å². The molecule has 0 heterocycles. The predicted octanol–water partition coefficient (Wildman–Crippen LogP) is 3.62. The van der Waals surface area contributed by atoms with Gasteiger partial charge in [-0.3, -0.25) is 4.79 Å². The van der Waals surface area contributed by atoms with Crippen molar-refractivity contribution in [2.45, 2.75) is 6.42 Å². The highest BCUT2D eigenvalue weighted by Crippen LogP contribution is 2.15. The Labute approximate surface area is 141 Å². The van der Waals surface area contributed by atoms with Crippen LogP contribution in [0.5, 0.6) is 5.75 Å². The number of hydrogen-bond acceptors (Lipinski definition) is 3. The van der Waals surface area contributed by atoms with Gasteiger partial charge in [0.15, 0.2) is 0 Å². The minimum Gasteiger partial charge on any atom is -0.494 e. The summed E-state index contributed by atoms with van der Waals surface area (Å²) in [5, 5.41) is 6.00. The number of rotatable bonds is 9. The highest BCUT2D eigenvalue weighted by Gasteiger charge is 2.09. The van der Waals surface area contributed by atoms with E-state index in [9.17, 15) is 9.18 Å². The van der Waals surface area contributed by atoms with Crippen molar-refractivity contribution in [3.05, 3.63) is 72.6 Å². The molecule has 0 saturated heterocycles. The summed E-state index contributed by atoms with van der Waals surface area (Å²) in [4.78, 5) is 12.1. The molecule has 2 aromatic rings. The molecule has 0 aliphatic rings. The van der Waals surface area contributed by atoms with Gasteiger partial charge >= 0.3 is 0 Å². The van der Waals surface area contributed by atoms with Crippen molar-refractivity contribution in [3.63, 3.8) is 0 Å². The summed E-state index contributed by atoms with van der Waals surface area (Å²) in [6, 6.07) is 13.3. The molecule has 1 amide bonds. The minimum absolute atomic E-state index is 0.138. The third-order valence-corrected chi connectivity index (χ3v) is 3.30. The fourth-order valence-corrected chi connectivity index (χ4v) is 2.11. The number of carbonyl (C=O) groups is 1. The number of nitrogens with one attached hydrogen (secondary N) is 2. The van der Waals surface area contributed by atoms with Crippen molar-refractivity contribution in [3.8, 4) is 5.75 Å². The first-order chi connectivity index (χ1) is 11.7. The number of benzene rings is 2. The van der Waals surface area contributed by atoms with Crippen LogP contribution in [-0.2, 0) is 0 Å². The summed E-state index contributed by atoms with van der Waals surface area (Å²) >= 11 is 0. The SMILES string of the molecule is C=CCNC(=O)c1ccccc1NCCCOc1ccc(F)cc1. The molecular weight excluding hydrogens is 307 g/mol. The molecule has 2 N–H and O–H groups in total. The zero-order valence-electron chi connectivity index (χ0n) is 13.4. The van der Waals surface area contributed by atoms with E-state index in [1.54, 1.807) is 24.3 Å². The molecule has 0 bridgehead atoms. The van der Waals surface area contributed by atoms with Crippen molar-refractivity contribution < 1.29 is 13.9 Å². The minimum atomic E-state index is -0.282. The average Bonchev–Trinajstić information content (AvgIpc) is 2.61. The lowest BCUT2D eigenvalue weighted by Crippen LogP contribution is -2.24. The van der Waals surface area contributed by atoms with Gasteiger partial charge in [-0.1, -0.05) is 18.2 Å². The summed E-state index contributed by atoms with van der Waals surface area (Å²) in [7, 11) is 0. The van der Waals surface area contributed by atoms with Gasteiger partial charge in [0.1, 0.15) is 11.6 Å². The molecule has 0 spiro atoms. The number of ether oxygens (including phenoxy) is 1. The lowest BCUT2D eigenvalue weighted by molar-refractivity contribution is 0.0959. The van der Waals surface area contributed by atoms with Gasteiger partial charge in [0.05, 0.1) is 12.2 Å². The third kappa shape index (κ3) is 5.43. The van der Waals surface area contributed by atoms with E-state index in [4.69, 9.17) is 4.74 Å². The molecule has 24 heavy (non-hydrogen) atoms. The number of halogens is 1. The second-order valence-corrected chi connectivity index (χ2v) is 5.13. The van der Waals surface area contributed by atoms with Crippen molar-refractivity contribution in [1.29, 1.82) is 0 Å². The monoisotopic (exact) mass is 328 g/mol. The first-order valence-corrected chi connectivity index (χ1v) is 7.81. The molecule has 0 saturated carbocycles. The molecule has 126 valence electrons. The molecule has 0 fully saturated rings. The molecular formula is C19H21FN2O2. The van der Waals surface area contributed by atoms with Crippen LogP contribution in [0.25, 0.3) is 0 Å². The molecule has 2 rings (SSSR count). The molecule has 5 heteroatoms. The highest BCUT2D eigenvalue weighted by atomic mass is 19.1. The van der Waals surface area contributed by atoms with Crippen molar-refractivity contribution in [2.75, 3.05) is 25.0 Å². The summed E-state index contributed by atoms with van der Waals surface area (Å²) in [6.07, 6.45) is 2.39. The Morgan fingerprint density at radius 2 is 1.92 bits per heavy atom. The van der Waals surface area contributed by atoms with E-state index in [-0.39, 0.29) is 11.7 Å². The maximum Gasteiger partial charge on any atom is 0.253 e. The van der Waals surface area contributed by atoms with Crippen LogP contribution in [0, 0.1) is 5.82 Å². The quantitative estimate of drug-likeness (QED) is 0.546. The Morgan fingerprint density at radius 3 is 2.67 bits per heavy atom. The van der Waals surface area contributed by atoms with Crippen LogP contribution in [0.15, 0.2) is 61.2 Å². The normalized spacial score (nSPS) is 10.0. The van der Waals surface area contributed by atoms with E-state index in [0.717, 1.165) is 12.1 Å². The zero-order chi connectivity index (χ0) is 17.2. The average molecular weight is 328 g/mol. The van der Waals surface area contributed by atoms with E-state index in [0.29, 0.717) is 31.0 Å². The van der Waals surface area contributed by atoms with Gasteiger partial charge in [0.2, 0.25) is 0 Å². The number of amides is 1. The third-order valence-electron chi connectivity index (χ3n) is 3.30. The van der Waals surface area contributed by atoms with Crippen LogP contribution in [0.4, 0.5) is 10.1 Å². The zero-order valence-corrected chi connectivity index (χ0v) is 13.4. The van der Waals surface area contributed by atoms with Crippen LogP contribution in [-0.4, -0.2) is 25.6 Å². The van der Waals surface area contributed by atoms with E-state index >= 15 is 0 Å². The molecule has 0 aromatic heterocycles. The Hall–Kier alpha value is -2.82. The van der Waals surface area contributed by atoms with Crippen LogP contribution < -0.4 is 15.4 Å². The smallest absolute Gasteiger partial charge is 0.253 e. The van der Waals surface area contributed by atoms with Gasteiger partial charge in [-0.15, -0.1) is 6.58 Å². The number of para-hydroxylation sites is 1. The molecule has 0 aliphatic heterocycles. The number of hydrogen-bond donors (Lipinski definition) is 2. The highest BCUT2D eigenvalue weighted by molar-refractivity contribution is 5.99. The number of carbonyl (C=O) groups excluding carboxylic acids is 1. The van der Waals surface area contributed by atoms with Gasteiger partial charge < -0.3 is 15.4 Å². The largest absolute Gasteiger partial charge is 0.494 e. The van der Waals surface area contributed by atoms with E-state index < -0.39 is 0 Å². The lowest BCUT2D eigenvalue weighted by atomic mass is 10.1. The van der Waals surface area contributed by atoms with Crippen molar-refractivity contribution >= 4 is 11.6 Å². The summed E-state index contributed by atoms with van der Waals surface area (Å²) in [6.45, 7) is 5.18.